The van der Waals surface area contributed by atoms with Gasteiger partial charge in [0.05, 0.1) is 6.42 Å². The van der Waals surface area contributed by atoms with Crippen molar-refractivity contribution in [1.29, 1.82) is 0 Å². The molecule has 0 aliphatic heterocycles. The summed E-state index contributed by atoms with van der Waals surface area (Å²) in [6, 6.07) is 5.49. The number of benzene rings is 1. The van der Waals surface area contributed by atoms with E-state index in [0.717, 1.165) is 16.2 Å². The fourth-order valence-electron chi connectivity index (χ4n) is 1.21. The quantitative estimate of drug-likeness (QED) is 0.590. The Hall–Kier alpha value is -1.16. The van der Waals surface area contributed by atoms with Gasteiger partial charge in [-0.2, -0.15) is 0 Å². The number of rotatable bonds is 4. The van der Waals surface area contributed by atoms with Gasteiger partial charge in [-0.25, -0.2) is 0 Å². The van der Waals surface area contributed by atoms with Gasteiger partial charge < -0.3 is 10.8 Å². The molecular weight excluding hydrogens is 198 g/mol. The third-order valence-corrected chi connectivity index (χ3v) is 2.78. The van der Waals surface area contributed by atoms with Crippen molar-refractivity contribution in [3.63, 3.8) is 0 Å². The lowest BCUT2D eigenvalue weighted by Crippen LogP contribution is -2.05. The summed E-state index contributed by atoms with van der Waals surface area (Å²) in [7, 11) is 0. The van der Waals surface area contributed by atoms with Crippen LogP contribution in [0.3, 0.4) is 0 Å². The van der Waals surface area contributed by atoms with Crippen LogP contribution in [0.1, 0.15) is 12.5 Å². The molecule has 0 aliphatic carbocycles. The first kappa shape index (κ1) is 10.9. The summed E-state index contributed by atoms with van der Waals surface area (Å²) in [5.74, 6) is 0.0663. The highest BCUT2D eigenvalue weighted by Crippen LogP contribution is 2.27. The van der Waals surface area contributed by atoms with Crippen molar-refractivity contribution < 1.29 is 9.90 Å². The molecule has 0 saturated heterocycles. The molecule has 76 valence electrons. The first-order valence-corrected chi connectivity index (χ1v) is 5.35. The van der Waals surface area contributed by atoms with Gasteiger partial charge in [0.25, 0.3) is 0 Å². The average Bonchev–Trinajstić information content (AvgIpc) is 2.11. The van der Waals surface area contributed by atoms with Crippen molar-refractivity contribution in [3.8, 4) is 0 Å². The lowest BCUT2D eigenvalue weighted by atomic mass is 10.1. The lowest BCUT2D eigenvalue weighted by Gasteiger charge is -2.08. The number of nitrogen functional groups attached to an aromatic ring is 1. The molecule has 0 unspecified atom stereocenters. The van der Waals surface area contributed by atoms with Crippen LogP contribution in [0.5, 0.6) is 0 Å². The Labute approximate surface area is 87.3 Å². The zero-order chi connectivity index (χ0) is 10.6. The van der Waals surface area contributed by atoms with E-state index in [1.165, 1.54) is 0 Å². The van der Waals surface area contributed by atoms with E-state index in [1.54, 1.807) is 17.8 Å². The maximum absolute atomic E-state index is 10.6. The average molecular weight is 211 g/mol. The largest absolute Gasteiger partial charge is 0.481 e. The number of carbonyl (C=O) groups is 1. The highest BCUT2D eigenvalue weighted by atomic mass is 32.2. The second-order valence-corrected chi connectivity index (χ2v) is 4.13. The molecule has 0 atom stereocenters. The van der Waals surface area contributed by atoms with Gasteiger partial charge in [0.2, 0.25) is 0 Å². The van der Waals surface area contributed by atoms with E-state index >= 15 is 0 Å². The van der Waals surface area contributed by atoms with Crippen LogP contribution in [-0.2, 0) is 11.2 Å². The molecule has 0 radical (unpaired) electrons. The Morgan fingerprint density at radius 2 is 2.29 bits per heavy atom. The highest BCUT2D eigenvalue weighted by molar-refractivity contribution is 7.99. The number of carboxylic acids is 1. The molecule has 0 heterocycles. The van der Waals surface area contributed by atoms with E-state index in [1.807, 2.05) is 19.1 Å². The number of thioether (sulfide) groups is 1. The summed E-state index contributed by atoms with van der Waals surface area (Å²) in [6.45, 7) is 2.03. The Kier molecular flexibility index (Phi) is 3.83. The van der Waals surface area contributed by atoms with Crippen LogP contribution in [0, 0.1) is 0 Å². The fourth-order valence-corrected chi connectivity index (χ4v) is 2.06. The van der Waals surface area contributed by atoms with Crippen LogP contribution in [0.25, 0.3) is 0 Å². The van der Waals surface area contributed by atoms with Crippen LogP contribution in [-0.4, -0.2) is 16.8 Å². The Morgan fingerprint density at radius 3 is 2.86 bits per heavy atom. The van der Waals surface area contributed by atoms with E-state index in [-0.39, 0.29) is 6.42 Å². The van der Waals surface area contributed by atoms with Gasteiger partial charge in [0.15, 0.2) is 0 Å². The van der Waals surface area contributed by atoms with Gasteiger partial charge in [-0.15, -0.1) is 11.8 Å². The number of carboxylic acid groups (broad SMARTS) is 1. The molecule has 3 nitrogen and oxygen atoms in total. The summed E-state index contributed by atoms with van der Waals surface area (Å²) in [5.41, 5.74) is 7.01. The topological polar surface area (TPSA) is 63.3 Å². The summed E-state index contributed by atoms with van der Waals surface area (Å²) < 4.78 is 0. The van der Waals surface area contributed by atoms with E-state index in [4.69, 9.17) is 10.8 Å². The third-order valence-electron chi connectivity index (χ3n) is 1.80. The molecule has 0 amide bonds. The Balaban J connectivity index is 3.02. The predicted molar refractivity (Wildman–Crippen MR) is 58.6 cm³/mol. The summed E-state index contributed by atoms with van der Waals surface area (Å²) in [4.78, 5) is 11.6. The smallest absolute Gasteiger partial charge is 0.307 e. The molecule has 0 spiro atoms. The third kappa shape index (κ3) is 2.67. The minimum absolute atomic E-state index is 0.00495. The molecule has 14 heavy (non-hydrogen) atoms. The molecule has 3 N–H and O–H groups in total. The SMILES string of the molecule is CCSc1cccc(N)c1CC(=O)O. The zero-order valence-corrected chi connectivity index (χ0v) is 8.80. The maximum atomic E-state index is 10.6. The Bertz CT molecular complexity index is 339. The number of hydrogen-bond donors (Lipinski definition) is 2. The van der Waals surface area contributed by atoms with E-state index in [2.05, 4.69) is 0 Å². The summed E-state index contributed by atoms with van der Waals surface area (Å²) >= 11 is 1.61. The molecule has 0 aromatic heterocycles. The van der Waals surface area contributed by atoms with Crippen molar-refractivity contribution in [1.82, 2.24) is 0 Å². The number of aliphatic carboxylic acids is 1. The molecular formula is C10H13NO2S. The van der Waals surface area contributed by atoms with Gasteiger partial charge in [-0.05, 0) is 23.4 Å². The monoisotopic (exact) mass is 211 g/mol. The van der Waals surface area contributed by atoms with Crippen molar-refractivity contribution in [3.05, 3.63) is 23.8 Å². The molecule has 1 aromatic carbocycles. The van der Waals surface area contributed by atoms with Crippen LogP contribution in [0.2, 0.25) is 0 Å². The minimum atomic E-state index is -0.846. The standard InChI is InChI=1S/C10H13NO2S/c1-2-14-9-5-3-4-8(11)7(9)6-10(12)13/h3-5H,2,6,11H2,1H3,(H,12,13). The molecule has 1 aromatic rings. The lowest BCUT2D eigenvalue weighted by molar-refractivity contribution is -0.136. The summed E-state index contributed by atoms with van der Waals surface area (Å²) in [5, 5.41) is 8.72. The second kappa shape index (κ2) is 4.91. The first-order valence-electron chi connectivity index (χ1n) is 4.37. The maximum Gasteiger partial charge on any atom is 0.307 e. The van der Waals surface area contributed by atoms with Gasteiger partial charge in [0.1, 0.15) is 0 Å². The van der Waals surface area contributed by atoms with Gasteiger partial charge in [-0.1, -0.05) is 13.0 Å². The molecule has 0 fully saturated rings. The molecule has 0 bridgehead atoms. The van der Waals surface area contributed by atoms with Crippen molar-refractivity contribution >= 4 is 23.4 Å². The number of nitrogens with two attached hydrogens (primary N) is 1. The first-order chi connectivity index (χ1) is 6.65. The Morgan fingerprint density at radius 1 is 1.57 bits per heavy atom. The van der Waals surface area contributed by atoms with Crippen LogP contribution in [0.4, 0.5) is 5.69 Å². The number of hydrogen-bond acceptors (Lipinski definition) is 3. The van der Waals surface area contributed by atoms with Gasteiger partial charge >= 0.3 is 5.97 Å². The fraction of sp³-hybridized carbons (Fsp3) is 0.300. The molecule has 0 aliphatic rings. The van der Waals surface area contributed by atoms with Crippen molar-refractivity contribution in [2.45, 2.75) is 18.2 Å². The molecule has 4 heteroatoms. The zero-order valence-electron chi connectivity index (χ0n) is 7.99. The minimum Gasteiger partial charge on any atom is -0.481 e. The van der Waals surface area contributed by atoms with E-state index in [9.17, 15) is 4.79 Å². The molecule has 0 saturated carbocycles. The molecule has 1 rings (SSSR count). The van der Waals surface area contributed by atoms with Gasteiger partial charge in [0, 0.05) is 10.6 Å². The van der Waals surface area contributed by atoms with E-state index < -0.39 is 5.97 Å². The van der Waals surface area contributed by atoms with Gasteiger partial charge in [-0.3, -0.25) is 4.79 Å². The van der Waals surface area contributed by atoms with Crippen LogP contribution in [0.15, 0.2) is 23.1 Å². The van der Waals surface area contributed by atoms with Crippen molar-refractivity contribution in [2.75, 3.05) is 11.5 Å². The highest BCUT2D eigenvalue weighted by Gasteiger charge is 2.09. The van der Waals surface area contributed by atoms with Crippen LogP contribution < -0.4 is 5.73 Å². The normalized spacial score (nSPS) is 10.1. The van der Waals surface area contributed by atoms with E-state index in [0.29, 0.717) is 5.69 Å². The predicted octanol–water partition coefficient (Wildman–Crippen LogP) is 2.01. The van der Waals surface area contributed by atoms with Crippen molar-refractivity contribution in [2.24, 2.45) is 0 Å². The second-order valence-electron chi connectivity index (χ2n) is 2.83. The number of anilines is 1. The van der Waals surface area contributed by atoms with Crippen LogP contribution >= 0.6 is 11.8 Å². The summed E-state index contributed by atoms with van der Waals surface area (Å²) in [6.07, 6.45) is -0.00495.